The molecule has 1 saturated heterocycles. The molecule has 2 aromatic carbocycles. The number of rotatable bonds is 6. The standard InChI is InChI=1S/C24H30O4/c1-22(2)20(21(25)26)14-15-23(3,28-22)24(27,16-18-10-6-4-7-11-18)17-19-12-8-5-9-13-19/h4-13,20,27H,14-17H2,1-3H3,(H,25,26)/p-1/t20-,23-/m1/s1. The largest absolute Gasteiger partial charge is 0.550 e. The van der Waals surface area contributed by atoms with Gasteiger partial charge in [-0.3, -0.25) is 0 Å². The van der Waals surface area contributed by atoms with Crippen molar-refractivity contribution in [1.29, 1.82) is 0 Å². The van der Waals surface area contributed by atoms with Crippen LogP contribution in [0.5, 0.6) is 0 Å². The Balaban J connectivity index is 1.97. The van der Waals surface area contributed by atoms with Crippen molar-refractivity contribution in [3.63, 3.8) is 0 Å². The normalized spacial score (nSPS) is 24.6. The summed E-state index contributed by atoms with van der Waals surface area (Å²) in [7, 11) is 0. The first-order valence-electron chi connectivity index (χ1n) is 9.86. The van der Waals surface area contributed by atoms with Crippen LogP contribution in [-0.4, -0.2) is 27.9 Å². The highest BCUT2D eigenvalue weighted by Crippen LogP contribution is 2.46. The lowest BCUT2D eigenvalue weighted by molar-refractivity contribution is -0.331. The zero-order valence-corrected chi connectivity index (χ0v) is 16.9. The molecule has 1 aliphatic heterocycles. The lowest BCUT2D eigenvalue weighted by atomic mass is 9.68. The van der Waals surface area contributed by atoms with E-state index in [-0.39, 0.29) is 0 Å². The minimum absolute atomic E-state index is 0.414. The van der Waals surface area contributed by atoms with E-state index in [0.717, 1.165) is 11.1 Å². The van der Waals surface area contributed by atoms with Crippen LogP contribution in [0.15, 0.2) is 60.7 Å². The van der Waals surface area contributed by atoms with E-state index in [4.69, 9.17) is 4.74 Å². The van der Waals surface area contributed by atoms with E-state index in [1.807, 2.05) is 67.6 Å². The van der Waals surface area contributed by atoms with Crippen molar-refractivity contribution in [2.75, 3.05) is 0 Å². The molecule has 0 aliphatic carbocycles. The van der Waals surface area contributed by atoms with Gasteiger partial charge in [0.25, 0.3) is 0 Å². The highest BCUT2D eigenvalue weighted by atomic mass is 16.5. The number of hydrogen-bond acceptors (Lipinski definition) is 4. The fourth-order valence-electron chi connectivity index (χ4n) is 4.50. The lowest BCUT2D eigenvalue weighted by Crippen LogP contribution is -2.64. The van der Waals surface area contributed by atoms with Crippen molar-refractivity contribution in [2.24, 2.45) is 5.92 Å². The van der Waals surface area contributed by atoms with Gasteiger partial charge in [0.2, 0.25) is 0 Å². The molecule has 4 nitrogen and oxygen atoms in total. The summed E-state index contributed by atoms with van der Waals surface area (Å²) >= 11 is 0. The molecule has 0 unspecified atom stereocenters. The van der Waals surface area contributed by atoms with E-state index in [1.165, 1.54) is 0 Å². The van der Waals surface area contributed by atoms with Crippen LogP contribution in [0.3, 0.4) is 0 Å². The Labute approximate surface area is 167 Å². The number of carbonyl (C=O) groups excluding carboxylic acids is 1. The second-order valence-corrected chi connectivity index (χ2v) is 8.70. The van der Waals surface area contributed by atoms with E-state index in [0.29, 0.717) is 25.7 Å². The first kappa shape index (κ1) is 20.6. The van der Waals surface area contributed by atoms with Gasteiger partial charge in [0.1, 0.15) is 5.60 Å². The third-order valence-electron chi connectivity index (χ3n) is 6.19. The Morgan fingerprint density at radius 2 is 1.50 bits per heavy atom. The number of benzene rings is 2. The van der Waals surface area contributed by atoms with Crippen molar-refractivity contribution in [3.05, 3.63) is 71.8 Å². The lowest BCUT2D eigenvalue weighted by Gasteiger charge is -2.55. The molecule has 0 amide bonds. The summed E-state index contributed by atoms with van der Waals surface area (Å²) < 4.78 is 6.37. The maximum atomic E-state index is 12.0. The summed E-state index contributed by atoms with van der Waals surface area (Å²) in [6.45, 7) is 5.46. The van der Waals surface area contributed by atoms with Gasteiger partial charge in [-0.2, -0.15) is 0 Å². The Hall–Kier alpha value is -2.17. The average molecular weight is 381 g/mol. The monoisotopic (exact) mass is 381 g/mol. The van der Waals surface area contributed by atoms with Gasteiger partial charge in [-0.1, -0.05) is 60.7 Å². The highest BCUT2D eigenvalue weighted by Gasteiger charge is 2.54. The molecule has 1 heterocycles. The molecule has 3 rings (SSSR count). The molecule has 0 saturated carbocycles. The molecule has 0 radical (unpaired) electrons. The first-order chi connectivity index (χ1) is 13.2. The van der Waals surface area contributed by atoms with Gasteiger partial charge >= 0.3 is 0 Å². The van der Waals surface area contributed by atoms with Crippen molar-refractivity contribution in [3.8, 4) is 0 Å². The quantitative estimate of drug-likeness (QED) is 0.835. The van der Waals surface area contributed by atoms with Crippen molar-refractivity contribution in [2.45, 2.75) is 63.3 Å². The number of carboxylic acids is 1. The van der Waals surface area contributed by atoms with E-state index >= 15 is 0 Å². The Morgan fingerprint density at radius 3 is 1.89 bits per heavy atom. The van der Waals surface area contributed by atoms with Crippen molar-refractivity contribution >= 4 is 5.97 Å². The van der Waals surface area contributed by atoms with Crippen molar-refractivity contribution < 1.29 is 19.7 Å². The van der Waals surface area contributed by atoms with Gasteiger partial charge < -0.3 is 19.7 Å². The molecule has 1 aliphatic rings. The SMILES string of the molecule is CC1(C)O[C@@](C)(C(O)(Cc2ccccc2)Cc2ccccc2)CC[C@@H]1C(=O)[O-]. The Kier molecular flexibility index (Phi) is 5.64. The van der Waals surface area contributed by atoms with Gasteiger partial charge in [-0.05, 0) is 44.7 Å². The maximum Gasteiger partial charge on any atom is 0.101 e. The van der Waals surface area contributed by atoms with E-state index in [1.54, 1.807) is 13.8 Å². The third kappa shape index (κ3) is 4.13. The van der Waals surface area contributed by atoms with Crippen LogP contribution in [0.4, 0.5) is 0 Å². The number of carboxylic acid groups (broad SMARTS) is 1. The van der Waals surface area contributed by atoms with Crippen LogP contribution < -0.4 is 5.11 Å². The number of hydrogen-bond donors (Lipinski definition) is 1. The molecule has 2 aromatic rings. The van der Waals surface area contributed by atoms with Gasteiger partial charge in [0.05, 0.1) is 11.2 Å². The van der Waals surface area contributed by atoms with E-state index in [9.17, 15) is 15.0 Å². The van der Waals surface area contributed by atoms with E-state index in [2.05, 4.69) is 0 Å². The van der Waals surface area contributed by atoms with Gasteiger partial charge in [0, 0.05) is 24.7 Å². The number of carbonyl (C=O) groups is 1. The topological polar surface area (TPSA) is 69.6 Å². The molecule has 1 N–H and O–H groups in total. The van der Waals surface area contributed by atoms with Crippen LogP contribution >= 0.6 is 0 Å². The van der Waals surface area contributed by atoms with Crippen LogP contribution in [0, 0.1) is 5.92 Å². The summed E-state index contributed by atoms with van der Waals surface area (Å²) in [5.41, 5.74) is -0.971. The number of aliphatic hydroxyl groups is 1. The molecule has 28 heavy (non-hydrogen) atoms. The molecule has 1 fully saturated rings. The molecular weight excluding hydrogens is 352 g/mol. The van der Waals surface area contributed by atoms with Crippen molar-refractivity contribution in [1.82, 2.24) is 0 Å². The third-order valence-corrected chi connectivity index (χ3v) is 6.19. The minimum Gasteiger partial charge on any atom is -0.550 e. The molecule has 0 bridgehead atoms. The summed E-state index contributed by atoms with van der Waals surface area (Å²) in [6, 6.07) is 19.7. The van der Waals surface area contributed by atoms with Gasteiger partial charge in [-0.25, -0.2) is 0 Å². The Morgan fingerprint density at radius 1 is 1.04 bits per heavy atom. The van der Waals surface area contributed by atoms with Crippen LogP contribution in [0.2, 0.25) is 0 Å². The van der Waals surface area contributed by atoms with E-state index < -0.39 is 28.7 Å². The van der Waals surface area contributed by atoms with Crippen LogP contribution in [0.25, 0.3) is 0 Å². The summed E-state index contributed by atoms with van der Waals surface area (Å²) in [5, 5.41) is 23.5. The van der Waals surface area contributed by atoms with Gasteiger partial charge in [0.15, 0.2) is 0 Å². The molecular formula is C24H29O4-. The minimum atomic E-state index is -1.19. The van der Waals surface area contributed by atoms with Crippen LogP contribution in [-0.2, 0) is 22.4 Å². The maximum absolute atomic E-state index is 12.0. The summed E-state index contributed by atoms with van der Waals surface area (Å²) in [6.07, 6.45) is 1.71. The second-order valence-electron chi connectivity index (χ2n) is 8.70. The Bertz CT molecular complexity index is 758. The van der Waals surface area contributed by atoms with Gasteiger partial charge in [-0.15, -0.1) is 0 Å². The predicted octanol–water partition coefficient (Wildman–Crippen LogP) is 2.92. The fraction of sp³-hybridized carbons (Fsp3) is 0.458. The predicted molar refractivity (Wildman–Crippen MR) is 107 cm³/mol. The highest BCUT2D eigenvalue weighted by molar-refractivity contribution is 5.69. The zero-order valence-electron chi connectivity index (χ0n) is 16.9. The zero-order chi connectivity index (χ0) is 20.4. The summed E-state index contributed by atoms with van der Waals surface area (Å²) in [4.78, 5) is 11.6. The molecule has 0 aromatic heterocycles. The number of aliphatic carboxylic acids is 1. The molecule has 2 atom stereocenters. The average Bonchev–Trinajstić information content (AvgIpc) is 2.62. The number of ether oxygens (including phenoxy) is 1. The molecule has 150 valence electrons. The summed E-state index contributed by atoms with van der Waals surface area (Å²) in [5.74, 6) is -1.79. The molecule has 4 heteroatoms. The first-order valence-corrected chi connectivity index (χ1v) is 9.86. The van der Waals surface area contributed by atoms with Crippen LogP contribution in [0.1, 0.15) is 44.7 Å². The second kappa shape index (κ2) is 7.69. The fourth-order valence-corrected chi connectivity index (χ4v) is 4.50. The smallest absolute Gasteiger partial charge is 0.101 e. The molecule has 0 spiro atoms.